The highest BCUT2D eigenvalue weighted by Crippen LogP contribution is 2.42. The molecule has 0 bridgehead atoms. The maximum atomic E-state index is 13.4. The summed E-state index contributed by atoms with van der Waals surface area (Å²) in [6, 6.07) is 8.42. The second-order valence-electron chi connectivity index (χ2n) is 8.39. The molecule has 2 aliphatic carbocycles. The van der Waals surface area contributed by atoms with Crippen LogP contribution in [0.4, 0.5) is 4.39 Å². The van der Waals surface area contributed by atoms with Gasteiger partial charge in [-0.3, -0.25) is 4.79 Å². The molecule has 2 fully saturated rings. The number of ether oxygens (including phenoxy) is 1. The minimum Gasteiger partial charge on any atom is -0.492 e. The summed E-state index contributed by atoms with van der Waals surface area (Å²) in [5, 5.41) is 11.3. The molecule has 0 radical (unpaired) electrons. The predicted octanol–water partition coefficient (Wildman–Crippen LogP) is 3.95. The number of carbonyl (C=O) groups excluding carboxylic acids is 1. The fraction of sp³-hybridized carbons (Fsp3) is 0.409. The lowest BCUT2D eigenvalue weighted by atomic mass is 9.95. The molecule has 33 heavy (non-hydrogen) atoms. The van der Waals surface area contributed by atoms with Gasteiger partial charge in [-0.05, 0) is 56.0 Å². The number of nitrogens with zero attached hydrogens (tertiary/aromatic N) is 2. The first-order valence-electron chi connectivity index (χ1n) is 10.3. The lowest BCUT2D eigenvalue weighted by Gasteiger charge is -2.20. The van der Waals surface area contributed by atoms with Crippen molar-refractivity contribution in [1.29, 1.82) is 5.26 Å². The van der Waals surface area contributed by atoms with Crippen molar-refractivity contribution in [3.05, 3.63) is 52.5 Å². The van der Waals surface area contributed by atoms with Gasteiger partial charge in [0.1, 0.15) is 22.3 Å². The van der Waals surface area contributed by atoms with Crippen LogP contribution in [0.15, 0.2) is 41.4 Å². The number of hydrogen-bond acceptors (Lipinski definition) is 6. The topological polar surface area (TPSA) is 109 Å². The van der Waals surface area contributed by atoms with Gasteiger partial charge in [0, 0.05) is 11.8 Å². The molecule has 0 unspecified atom stereocenters. The first-order chi connectivity index (χ1) is 15.6. The lowest BCUT2D eigenvalue weighted by molar-refractivity contribution is -0.127. The van der Waals surface area contributed by atoms with Gasteiger partial charge in [0.05, 0.1) is 34.0 Å². The number of sulfone groups is 1. The van der Waals surface area contributed by atoms with Crippen LogP contribution in [0.5, 0.6) is 5.75 Å². The minimum absolute atomic E-state index is 0.0380. The van der Waals surface area contributed by atoms with E-state index in [9.17, 15) is 22.9 Å². The maximum Gasteiger partial charge on any atom is 0.224 e. The van der Waals surface area contributed by atoms with Gasteiger partial charge in [-0.15, -0.1) is 0 Å². The lowest BCUT2D eigenvalue weighted by Crippen LogP contribution is -2.41. The molecule has 2 aromatic rings. The van der Waals surface area contributed by atoms with E-state index in [1.54, 1.807) is 12.1 Å². The molecule has 1 heterocycles. The molecule has 1 N–H and O–H groups in total. The highest BCUT2D eigenvalue weighted by atomic mass is 35.5. The maximum absolute atomic E-state index is 13.4. The summed E-state index contributed by atoms with van der Waals surface area (Å²) in [4.78, 5) is 16.8. The van der Waals surface area contributed by atoms with E-state index in [0.717, 1.165) is 18.2 Å². The van der Waals surface area contributed by atoms with Gasteiger partial charge in [-0.1, -0.05) is 23.2 Å². The van der Waals surface area contributed by atoms with Crippen LogP contribution in [-0.2, 0) is 14.6 Å². The average molecular weight is 512 g/mol. The van der Waals surface area contributed by atoms with E-state index >= 15 is 0 Å². The quantitative estimate of drug-likeness (QED) is 0.445. The molecule has 1 amide bonds. The van der Waals surface area contributed by atoms with Crippen LogP contribution >= 0.6 is 23.2 Å². The molecule has 174 valence electrons. The van der Waals surface area contributed by atoms with Crippen molar-refractivity contribution in [2.75, 3.05) is 6.61 Å². The number of pyridine rings is 1. The molecular weight excluding hydrogens is 492 g/mol. The SMILES string of the molecule is N#CC1(NC(=O)[C@@H]2C[C@@H](S(=O)(=O)c3ccc(F)cc3Cl)C[C@H]2COc2ccc(Cl)nc2)CC1. The van der Waals surface area contributed by atoms with Crippen LogP contribution in [0.25, 0.3) is 0 Å². The molecule has 1 aromatic heterocycles. The molecule has 7 nitrogen and oxygen atoms in total. The summed E-state index contributed by atoms with van der Waals surface area (Å²) in [6.45, 7) is 0.0735. The van der Waals surface area contributed by atoms with Crippen LogP contribution < -0.4 is 10.1 Å². The highest BCUT2D eigenvalue weighted by Gasteiger charge is 2.50. The van der Waals surface area contributed by atoms with E-state index in [1.165, 1.54) is 6.20 Å². The minimum atomic E-state index is -3.94. The normalized spacial score (nSPS) is 23.5. The molecule has 3 atom stereocenters. The van der Waals surface area contributed by atoms with E-state index in [2.05, 4.69) is 16.4 Å². The number of benzene rings is 1. The van der Waals surface area contributed by atoms with E-state index < -0.39 is 38.3 Å². The largest absolute Gasteiger partial charge is 0.492 e. The third-order valence-electron chi connectivity index (χ3n) is 6.12. The number of rotatable bonds is 7. The third-order valence-corrected chi connectivity index (χ3v) is 9.00. The number of carbonyl (C=O) groups is 1. The zero-order chi connectivity index (χ0) is 23.8. The van der Waals surface area contributed by atoms with Crippen molar-refractivity contribution in [1.82, 2.24) is 10.3 Å². The summed E-state index contributed by atoms with van der Waals surface area (Å²) in [5.74, 6) is -1.71. The predicted molar refractivity (Wildman–Crippen MR) is 119 cm³/mol. The Hall–Kier alpha value is -2.41. The fourth-order valence-electron chi connectivity index (χ4n) is 4.09. The average Bonchev–Trinajstić information content (AvgIpc) is 3.40. The van der Waals surface area contributed by atoms with E-state index in [0.29, 0.717) is 23.7 Å². The van der Waals surface area contributed by atoms with Crippen LogP contribution in [0, 0.1) is 29.0 Å². The van der Waals surface area contributed by atoms with Crippen molar-refractivity contribution < 1.29 is 22.3 Å². The Balaban J connectivity index is 1.56. The van der Waals surface area contributed by atoms with E-state index in [-0.39, 0.29) is 35.3 Å². The summed E-state index contributed by atoms with van der Waals surface area (Å²) in [6.07, 6.45) is 2.75. The zero-order valence-corrected chi connectivity index (χ0v) is 19.6. The Morgan fingerprint density at radius 2 is 2.03 bits per heavy atom. The Morgan fingerprint density at radius 3 is 2.64 bits per heavy atom. The smallest absolute Gasteiger partial charge is 0.224 e. The Labute approximate surface area is 200 Å². The number of nitrogens with one attached hydrogen (secondary N) is 1. The first-order valence-corrected chi connectivity index (χ1v) is 12.6. The van der Waals surface area contributed by atoms with Crippen LogP contribution in [-0.4, -0.2) is 36.7 Å². The van der Waals surface area contributed by atoms with Gasteiger partial charge >= 0.3 is 0 Å². The first kappa shape index (κ1) is 23.7. The number of halogens is 3. The summed E-state index contributed by atoms with van der Waals surface area (Å²) < 4.78 is 45.8. The van der Waals surface area contributed by atoms with Gasteiger partial charge in [0.15, 0.2) is 9.84 Å². The fourth-order valence-corrected chi connectivity index (χ4v) is 6.60. The zero-order valence-electron chi connectivity index (χ0n) is 17.3. The van der Waals surface area contributed by atoms with Crippen LogP contribution in [0.2, 0.25) is 10.2 Å². The second-order valence-corrected chi connectivity index (χ2v) is 11.4. The molecule has 0 aliphatic heterocycles. The highest BCUT2D eigenvalue weighted by molar-refractivity contribution is 7.92. The van der Waals surface area contributed by atoms with Crippen molar-refractivity contribution in [3.63, 3.8) is 0 Å². The summed E-state index contributed by atoms with van der Waals surface area (Å²) in [7, 11) is -3.94. The summed E-state index contributed by atoms with van der Waals surface area (Å²) >= 11 is 11.8. The van der Waals surface area contributed by atoms with Gasteiger partial charge in [-0.2, -0.15) is 5.26 Å². The van der Waals surface area contributed by atoms with Gasteiger partial charge in [0.25, 0.3) is 0 Å². The standard InChI is InChI=1S/C22H20Cl2FN3O4S/c23-18-8-14(25)1-3-19(18)33(30,31)16-7-13(11-32-15-2-4-20(24)27-10-15)17(9-16)21(29)28-22(12-26)5-6-22/h1-4,8,10,13,16-17H,5-7,9,11H2,(H,28,29)/t13-,16-,17+/m0/s1. The molecule has 2 saturated carbocycles. The monoisotopic (exact) mass is 511 g/mol. The molecular formula is C22H20Cl2FN3O4S. The van der Waals surface area contributed by atoms with Gasteiger partial charge < -0.3 is 10.1 Å². The molecule has 11 heteroatoms. The molecule has 0 spiro atoms. The Bertz CT molecular complexity index is 1210. The molecule has 1 aromatic carbocycles. The number of hydrogen-bond donors (Lipinski definition) is 1. The van der Waals surface area contributed by atoms with E-state index in [4.69, 9.17) is 27.9 Å². The van der Waals surface area contributed by atoms with Crippen molar-refractivity contribution in [2.24, 2.45) is 11.8 Å². The van der Waals surface area contributed by atoms with E-state index in [1.807, 2.05) is 0 Å². The Kier molecular flexibility index (Phi) is 6.54. The number of aromatic nitrogens is 1. The Morgan fingerprint density at radius 1 is 1.27 bits per heavy atom. The van der Waals surface area contributed by atoms with Crippen molar-refractivity contribution >= 4 is 38.9 Å². The number of nitriles is 1. The third kappa shape index (κ3) is 5.08. The van der Waals surface area contributed by atoms with Gasteiger partial charge in [0.2, 0.25) is 5.91 Å². The van der Waals surface area contributed by atoms with Gasteiger partial charge in [-0.25, -0.2) is 17.8 Å². The van der Waals surface area contributed by atoms with Crippen LogP contribution in [0.1, 0.15) is 25.7 Å². The molecule has 2 aliphatic rings. The van der Waals surface area contributed by atoms with Crippen molar-refractivity contribution in [2.45, 2.75) is 41.4 Å². The molecule has 4 rings (SSSR count). The second kappa shape index (κ2) is 9.09. The number of amides is 1. The van der Waals surface area contributed by atoms with Crippen LogP contribution in [0.3, 0.4) is 0 Å². The summed E-state index contributed by atoms with van der Waals surface area (Å²) in [5.41, 5.74) is -0.875. The van der Waals surface area contributed by atoms with Crippen molar-refractivity contribution in [3.8, 4) is 11.8 Å². The molecule has 0 saturated heterocycles.